The number of carbonyl (C=O) groups excluding carboxylic acids is 2. The van der Waals surface area contributed by atoms with Crippen molar-refractivity contribution in [2.24, 2.45) is 11.1 Å². The van der Waals surface area contributed by atoms with Gasteiger partial charge in [-0.05, 0) is 43.6 Å². The second-order valence-electron chi connectivity index (χ2n) is 8.78. The second kappa shape index (κ2) is 8.14. The molecule has 1 aliphatic rings. The third-order valence-corrected chi connectivity index (χ3v) is 5.23. The van der Waals surface area contributed by atoms with Crippen LogP contribution >= 0.6 is 0 Å². The van der Waals surface area contributed by atoms with Gasteiger partial charge in [0.1, 0.15) is 11.9 Å². The van der Waals surface area contributed by atoms with Crippen LogP contribution in [0.25, 0.3) is 11.4 Å². The highest BCUT2D eigenvalue weighted by atomic mass is 19.2. The Labute approximate surface area is 174 Å². The van der Waals surface area contributed by atoms with E-state index in [2.05, 4.69) is 15.2 Å². The lowest BCUT2D eigenvalue weighted by atomic mass is 9.86. The number of imidazole rings is 1. The van der Waals surface area contributed by atoms with Crippen molar-refractivity contribution in [1.29, 1.82) is 0 Å². The molecule has 30 heavy (non-hydrogen) atoms. The van der Waals surface area contributed by atoms with Crippen molar-refractivity contribution in [2.75, 3.05) is 13.6 Å². The maximum atomic E-state index is 13.8. The molecule has 0 fully saturated rings. The van der Waals surface area contributed by atoms with E-state index in [1.54, 1.807) is 20.8 Å². The van der Waals surface area contributed by atoms with Gasteiger partial charge in [-0.25, -0.2) is 13.8 Å². The quantitative estimate of drug-likeness (QED) is 0.795. The first-order valence-corrected chi connectivity index (χ1v) is 9.82. The second-order valence-corrected chi connectivity index (χ2v) is 8.78. The zero-order chi connectivity index (χ0) is 22.2. The number of nitrogens with one attached hydrogen (secondary N) is 1. The summed E-state index contributed by atoms with van der Waals surface area (Å²) in [4.78, 5) is 31.6. The summed E-state index contributed by atoms with van der Waals surface area (Å²) < 4.78 is 29.1. The fraction of sp³-hybridized carbons (Fsp3) is 0.476. The third kappa shape index (κ3) is 4.35. The minimum absolute atomic E-state index is 0.152. The van der Waals surface area contributed by atoms with E-state index in [1.807, 2.05) is 11.6 Å². The lowest BCUT2D eigenvalue weighted by Crippen LogP contribution is -2.52. The minimum Gasteiger partial charge on any atom is -0.368 e. The molecular weight excluding hydrogens is 392 g/mol. The van der Waals surface area contributed by atoms with Gasteiger partial charge in [0, 0.05) is 18.7 Å². The Balaban J connectivity index is 2.08. The number of halogens is 2. The van der Waals surface area contributed by atoms with Crippen LogP contribution in [0.3, 0.4) is 0 Å². The SMILES string of the molecule is CN1CCCn2c(-c3ccc(F)c(F)c3)nc(C(=O)NC(C(N)=O)C(C)(C)C)c2C1. The van der Waals surface area contributed by atoms with Crippen LogP contribution in [-0.4, -0.2) is 45.9 Å². The van der Waals surface area contributed by atoms with Gasteiger partial charge in [-0.15, -0.1) is 0 Å². The van der Waals surface area contributed by atoms with E-state index >= 15 is 0 Å². The molecule has 2 heterocycles. The zero-order valence-corrected chi connectivity index (χ0v) is 17.6. The monoisotopic (exact) mass is 419 g/mol. The summed E-state index contributed by atoms with van der Waals surface area (Å²) in [6.45, 7) is 7.25. The molecule has 1 aliphatic heterocycles. The predicted octanol–water partition coefficient (Wildman–Crippen LogP) is 2.29. The Morgan fingerprint density at radius 3 is 2.50 bits per heavy atom. The van der Waals surface area contributed by atoms with Crippen LogP contribution in [0.5, 0.6) is 0 Å². The Kier molecular flexibility index (Phi) is 5.94. The highest BCUT2D eigenvalue weighted by Gasteiger charge is 2.34. The number of nitrogens with two attached hydrogens (primary N) is 1. The molecule has 3 rings (SSSR count). The normalized spacial score (nSPS) is 15.9. The fourth-order valence-electron chi connectivity index (χ4n) is 3.67. The van der Waals surface area contributed by atoms with Crippen molar-refractivity contribution >= 4 is 11.8 Å². The van der Waals surface area contributed by atoms with Gasteiger partial charge in [0.25, 0.3) is 5.91 Å². The van der Waals surface area contributed by atoms with E-state index in [4.69, 9.17) is 5.73 Å². The first-order chi connectivity index (χ1) is 14.0. The van der Waals surface area contributed by atoms with E-state index in [9.17, 15) is 18.4 Å². The van der Waals surface area contributed by atoms with Crippen LogP contribution in [0, 0.1) is 17.0 Å². The molecule has 0 saturated carbocycles. The fourth-order valence-corrected chi connectivity index (χ4v) is 3.67. The van der Waals surface area contributed by atoms with Crippen molar-refractivity contribution in [3.8, 4) is 11.4 Å². The van der Waals surface area contributed by atoms with Gasteiger partial charge in [0.05, 0.1) is 5.69 Å². The van der Waals surface area contributed by atoms with Crippen molar-refractivity contribution in [2.45, 2.75) is 46.3 Å². The van der Waals surface area contributed by atoms with Crippen molar-refractivity contribution in [3.63, 3.8) is 0 Å². The molecule has 1 unspecified atom stereocenters. The van der Waals surface area contributed by atoms with Gasteiger partial charge >= 0.3 is 0 Å². The van der Waals surface area contributed by atoms with Crippen LogP contribution in [0.1, 0.15) is 43.4 Å². The molecular formula is C21H27F2N5O2. The molecule has 0 saturated heterocycles. The van der Waals surface area contributed by atoms with Crippen molar-refractivity contribution in [1.82, 2.24) is 19.8 Å². The maximum absolute atomic E-state index is 13.8. The van der Waals surface area contributed by atoms with E-state index in [0.717, 1.165) is 25.1 Å². The highest BCUT2D eigenvalue weighted by molar-refractivity contribution is 5.97. The molecule has 2 amide bonds. The molecule has 1 aromatic heterocycles. The number of fused-ring (bicyclic) bond motifs is 1. The standard InChI is InChI=1S/C21H27F2N5O2/c1-21(2,3)17(18(24)29)26-20(30)16-15-11-27(4)8-5-9-28(15)19(25-16)12-6-7-13(22)14(23)10-12/h6-7,10,17H,5,8-9,11H2,1-4H3,(H2,24,29)(H,26,30). The van der Waals surface area contributed by atoms with Crippen LogP contribution < -0.4 is 11.1 Å². The van der Waals surface area contributed by atoms with E-state index in [-0.39, 0.29) is 5.69 Å². The van der Waals surface area contributed by atoms with Gasteiger partial charge in [-0.1, -0.05) is 20.8 Å². The minimum atomic E-state index is -0.983. The van der Waals surface area contributed by atoms with Crippen LogP contribution in [-0.2, 0) is 17.9 Å². The molecule has 0 bridgehead atoms. The number of hydrogen-bond donors (Lipinski definition) is 2. The smallest absolute Gasteiger partial charge is 0.272 e. The lowest BCUT2D eigenvalue weighted by Gasteiger charge is -2.28. The van der Waals surface area contributed by atoms with Gasteiger partial charge in [0.2, 0.25) is 5.91 Å². The number of carbonyl (C=O) groups is 2. The number of aromatic nitrogens is 2. The topological polar surface area (TPSA) is 93.2 Å². The highest BCUT2D eigenvalue weighted by Crippen LogP contribution is 2.28. The number of nitrogens with zero attached hydrogens (tertiary/aromatic N) is 3. The van der Waals surface area contributed by atoms with Crippen molar-refractivity contribution in [3.05, 3.63) is 41.2 Å². The largest absolute Gasteiger partial charge is 0.368 e. The molecule has 7 nitrogen and oxygen atoms in total. The summed E-state index contributed by atoms with van der Waals surface area (Å²) in [5, 5.41) is 2.70. The molecule has 3 N–H and O–H groups in total. The Morgan fingerprint density at radius 2 is 1.90 bits per heavy atom. The molecule has 0 radical (unpaired) electrons. The molecule has 1 aromatic carbocycles. The third-order valence-electron chi connectivity index (χ3n) is 5.23. The van der Waals surface area contributed by atoms with Crippen LogP contribution in [0.2, 0.25) is 0 Å². The molecule has 1 atom stereocenters. The average molecular weight is 419 g/mol. The van der Waals surface area contributed by atoms with E-state index in [1.165, 1.54) is 6.07 Å². The van der Waals surface area contributed by atoms with Crippen molar-refractivity contribution < 1.29 is 18.4 Å². The Morgan fingerprint density at radius 1 is 1.20 bits per heavy atom. The van der Waals surface area contributed by atoms with Crippen LogP contribution in [0.4, 0.5) is 8.78 Å². The molecule has 0 aliphatic carbocycles. The summed E-state index contributed by atoms with van der Waals surface area (Å²) in [5.41, 5.74) is 6.10. The van der Waals surface area contributed by atoms with Gasteiger partial charge < -0.3 is 20.5 Å². The summed E-state index contributed by atoms with van der Waals surface area (Å²) >= 11 is 0. The lowest BCUT2D eigenvalue weighted by molar-refractivity contribution is -0.122. The molecule has 0 spiro atoms. The van der Waals surface area contributed by atoms with Gasteiger partial charge in [-0.3, -0.25) is 9.59 Å². The van der Waals surface area contributed by atoms with Gasteiger partial charge in [0.15, 0.2) is 17.3 Å². The molecule has 9 heteroatoms. The summed E-state index contributed by atoms with van der Waals surface area (Å²) in [6, 6.07) is 2.66. The Hall–Kier alpha value is -2.81. The van der Waals surface area contributed by atoms with E-state index < -0.39 is 34.9 Å². The van der Waals surface area contributed by atoms with Crippen LogP contribution in [0.15, 0.2) is 18.2 Å². The number of primary amides is 1. The summed E-state index contributed by atoms with van der Waals surface area (Å²) in [5.74, 6) is -2.71. The van der Waals surface area contributed by atoms with Gasteiger partial charge in [-0.2, -0.15) is 0 Å². The Bertz CT molecular complexity index is 981. The summed E-state index contributed by atoms with van der Waals surface area (Å²) in [6.07, 6.45) is 0.809. The first-order valence-electron chi connectivity index (χ1n) is 9.82. The number of hydrogen-bond acceptors (Lipinski definition) is 4. The summed E-state index contributed by atoms with van der Waals surface area (Å²) in [7, 11) is 1.93. The number of rotatable bonds is 4. The predicted molar refractivity (Wildman–Crippen MR) is 108 cm³/mol. The number of amides is 2. The molecule has 162 valence electrons. The maximum Gasteiger partial charge on any atom is 0.272 e. The molecule has 2 aromatic rings. The average Bonchev–Trinajstić information content (AvgIpc) is 2.87. The first kappa shape index (κ1) is 21.9. The van der Waals surface area contributed by atoms with E-state index in [0.29, 0.717) is 30.2 Å². The number of benzene rings is 1. The zero-order valence-electron chi connectivity index (χ0n) is 17.6.